The van der Waals surface area contributed by atoms with Crippen molar-refractivity contribution in [1.29, 1.82) is 5.26 Å². The third-order valence-electron chi connectivity index (χ3n) is 3.89. The summed E-state index contributed by atoms with van der Waals surface area (Å²) in [5.41, 5.74) is 1.10. The van der Waals surface area contributed by atoms with E-state index in [2.05, 4.69) is 42.9 Å². The first kappa shape index (κ1) is 18.3. The van der Waals surface area contributed by atoms with Crippen LogP contribution in [0, 0.1) is 11.3 Å². The van der Waals surface area contributed by atoms with E-state index >= 15 is 0 Å². The van der Waals surface area contributed by atoms with Gasteiger partial charge in [0.25, 0.3) is 0 Å². The van der Waals surface area contributed by atoms with Crippen molar-refractivity contribution in [3.05, 3.63) is 69.0 Å². The highest BCUT2D eigenvalue weighted by atomic mass is 79.9. The van der Waals surface area contributed by atoms with Gasteiger partial charge in [-0.2, -0.15) is 5.26 Å². The summed E-state index contributed by atoms with van der Waals surface area (Å²) < 4.78 is 18.0. The van der Waals surface area contributed by atoms with Gasteiger partial charge < -0.3 is 18.4 Å². The number of halogens is 2. The van der Waals surface area contributed by atoms with Crippen molar-refractivity contribution in [2.75, 3.05) is 0 Å². The van der Waals surface area contributed by atoms with E-state index in [1.165, 1.54) is 18.7 Å². The molecule has 0 saturated heterocycles. The Morgan fingerprint density at radius 1 is 1.07 bits per heavy atom. The Morgan fingerprint density at radius 3 is 2.43 bits per heavy atom. The summed E-state index contributed by atoms with van der Waals surface area (Å²) in [6, 6.07) is 12.4. The van der Waals surface area contributed by atoms with E-state index in [1.807, 2.05) is 0 Å². The summed E-state index contributed by atoms with van der Waals surface area (Å²) in [5, 5.41) is 19.9. The monoisotopic (exact) mass is 500 g/mol. The number of furan rings is 3. The van der Waals surface area contributed by atoms with Gasteiger partial charge in [-0.1, -0.05) is 15.9 Å². The smallest absolute Gasteiger partial charge is 0.238 e. The molecule has 0 radical (unpaired) electrons. The molecule has 6 nitrogen and oxygen atoms in total. The molecule has 0 amide bonds. The molecule has 0 atom stereocenters. The average Bonchev–Trinajstić information content (AvgIpc) is 3.42. The molecule has 0 aliphatic carbocycles. The number of phenolic OH excluding ortho intramolecular Hbond substituents is 1. The van der Waals surface area contributed by atoms with Gasteiger partial charge in [0.1, 0.15) is 23.1 Å². The molecule has 0 fully saturated rings. The lowest BCUT2D eigenvalue weighted by molar-refractivity contribution is 0.471. The topological polar surface area (TPSA) is 95.8 Å². The number of nitriles is 1. The van der Waals surface area contributed by atoms with Crippen LogP contribution < -0.4 is 0 Å². The molecule has 28 heavy (non-hydrogen) atoms. The van der Waals surface area contributed by atoms with E-state index in [0.717, 1.165) is 4.47 Å². The first-order valence-electron chi connectivity index (χ1n) is 7.95. The van der Waals surface area contributed by atoms with Crippen LogP contribution in [0.4, 0.5) is 5.88 Å². The first-order chi connectivity index (χ1) is 13.6. The van der Waals surface area contributed by atoms with Crippen LogP contribution in [0.25, 0.3) is 22.8 Å². The molecule has 0 unspecified atom stereocenters. The highest BCUT2D eigenvalue weighted by molar-refractivity contribution is 9.11. The predicted molar refractivity (Wildman–Crippen MR) is 110 cm³/mol. The van der Waals surface area contributed by atoms with Crippen LogP contribution in [0.1, 0.15) is 11.1 Å². The molecule has 3 heterocycles. The summed E-state index contributed by atoms with van der Waals surface area (Å²) in [7, 11) is 0. The number of aromatic hydroxyl groups is 1. The van der Waals surface area contributed by atoms with Crippen LogP contribution >= 0.6 is 31.9 Å². The fraction of sp³-hybridized carbons (Fsp3) is 0. The largest absolute Gasteiger partial charge is 0.506 e. The molecule has 4 rings (SSSR count). The highest BCUT2D eigenvalue weighted by Crippen LogP contribution is 2.43. The first-order valence-corrected chi connectivity index (χ1v) is 9.53. The SMILES string of the molecule is N#Cc1c(N=Cc2cc(Br)cc(Br)c2O)oc(-c2ccco2)c1-c1ccco1. The molecule has 3 aromatic heterocycles. The van der Waals surface area contributed by atoms with Crippen LogP contribution in [-0.4, -0.2) is 11.3 Å². The molecule has 0 aliphatic rings. The lowest BCUT2D eigenvalue weighted by Gasteiger charge is -2.02. The molecule has 4 aromatic rings. The number of aliphatic imine (C=N–C) groups is 1. The maximum atomic E-state index is 10.2. The molecule has 1 N–H and O–H groups in total. The van der Waals surface area contributed by atoms with Crippen LogP contribution in [0.3, 0.4) is 0 Å². The summed E-state index contributed by atoms with van der Waals surface area (Å²) in [5.74, 6) is 1.34. The van der Waals surface area contributed by atoms with Crippen molar-refractivity contribution >= 4 is 44.0 Å². The number of hydrogen-bond acceptors (Lipinski definition) is 6. The minimum Gasteiger partial charge on any atom is -0.506 e. The fourth-order valence-electron chi connectivity index (χ4n) is 2.66. The normalized spacial score (nSPS) is 11.2. The predicted octanol–water partition coefficient (Wildman–Crippen LogP) is 6.65. The zero-order valence-corrected chi connectivity index (χ0v) is 17.2. The van der Waals surface area contributed by atoms with E-state index in [4.69, 9.17) is 13.3 Å². The number of nitrogens with zero attached hydrogens (tertiary/aromatic N) is 2. The van der Waals surface area contributed by atoms with Gasteiger partial charge in [0, 0.05) is 16.3 Å². The number of rotatable bonds is 4. The Morgan fingerprint density at radius 2 is 1.79 bits per heavy atom. The second-order valence-electron chi connectivity index (χ2n) is 5.64. The Hall–Kier alpha value is -3.02. The Balaban J connectivity index is 1.87. The van der Waals surface area contributed by atoms with Crippen LogP contribution in [0.5, 0.6) is 5.75 Å². The molecule has 138 valence electrons. The van der Waals surface area contributed by atoms with Gasteiger partial charge in [0.2, 0.25) is 5.88 Å². The highest BCUT2D eigenvalue weighted by Gasteiger charge is 2.26. The average molecular weight is 502 g/mol. The zero-order chi connectivity index (χ0) is 19.7. The standard InChI is InChI=1S/C20H10Br2N2O4/c21-12-7-11(18(25)14(22)8-12)10-24-20-13(9-23)17(15-3-1-5-26-15)19(28-20)16-4-2-6-27-16/h1-8,10,25H. The molecular weight excluding hydrogens is 492 g/mol. The Bertz CT molecular complexity index is 1200. The number of hydrogen-bond donors (Lipinski definition) is 1. The van der Waals surface area contributed by atoms with Crippen molar-refractivity contribution in [2.45, 2.75) is 0 Å². The second-order valence-corrected chi connectivity index (χ2v) is 7.41. The van der Waals surface area contributed by atoms with E-state index in [1.54, 1.807) is 36.4 Å². The van der Waals surface area contributed by atoms with E-state index in [0.29, 0.717) is 32.9 Å². The number of phenols is 1. The van der Waals surface area contributed by atoms with Gasteiger partial charge in [0.15, 0.2) is 11.5 Å². The van der Waals surface area contributed by atoms with Crippen molar-refractivity contribution in [3.8, 4) is 34.7 Å². The van der Waals surface area contributed by atoms with Gasteiger partial charge in [0.05, 0.1) is 22.6 Å². The van der Waals surface area contributed by atoms with Gasteiger partial charge in [-0.15, -0.1) is 0 Å². The zero-order valence-electron chi connectivity index (χ0n) is 14.0. The third kappa shape index (κ3) is 3.30. The molecule has 0 spiro atoms. The Kier molecular flexibility index (Phi) is 4.94. The van der Waals surface area contributed by atoms with Gasteiger partial charge in [-0.05, 0) is 52.3 Å². The molecular formula is C20H10Br2N2O4. The van der Waals surface area contributed by atoms with Crippen LogP contribution in [0.2, 0.25) is 0 Å². The summed E-state index contributed by atoms with van der Waals surface area (Å²) in [6.45, 7) is 0. The van der Waals surface area contributed by atoms with Gasteiger partial charge in [-0.25, -0.2) is 4.99 Å². The second kappa shape index (κ2) is 7.54. The van der Waals surface area contributed by atoms with E-state index < -0.39 is 0 Å². The van der Waals surface area contributed by atoms with Crippen molar-refractivity contribution in [2.24, 2.45) is 4.99 Å². The van der Waals surface area contributed by atoms with Gasteiger partial charge >= 0.3 is 0 Å². The number of benzene rings is 1. The van der Waals surface area contributed by atoms with E-state index in [-0.39, 0.29) is 17.2 Å². The third-order valence-corrected chi connectivity index (χ3v) is 4.95. The van der Waals surface area contributed by atoms with Crippen molar-refractivity contribution in [3.63, 3.8) is 0 Å². The van der Waals surface area contributed by atoms with Crippen LogP contribution in [0.15, 0.2) is 76.1 Å². The lowest BCUT2D eigenvalue weighted by atomic mass is 10.1. The lowest BCUT2D eigenvalue weighted by Crippen LogP contribution is -1.84. The van der Waals surface area contributed by atoms with E-state index in [9.17, 15) is 10.4 Å². The van der Waals surface area contributed by atoms with Crippen molar-refractivity contribution < 1.29 is 18.4 Å². The fourth-order valence-corrected chi connectivity index (χ4v) is 3.92. The summed E-state index contributed by atoms with van der Waals surface area (Å²) in [4.78, 5) is 4.29. The minimum atomic E-state index is 0.0227. The quantitative estimate of drug-likeness (QED) is 0.315. The molecule has 8 heteroatoms. The molecule has 0 bridgehead atoms. The van der Waals surface area contributed by atoms with Gasteiger partial charge in [-0.3, -0.25) is 0 Å². The van der Waals surface area contributed by atoms with Crippen LogP contribution in [-0.2, 0) is 0 Å². The summed E-state index contributed by atoms with van der Waals surface area (Å²) in [6.07, 6.45) is 4.44. The van der Waals surface area contributed by atoms with Crippen molar-refractivity contribution in [1.82, 2.24) is 0 Å². The summed E-state index contributed by atoms with van der Waals surface area (Å²) >= 11 is 6.64. The minimum absolute atomic E-state index is 0.0227. The Labute approximate surface area is 176 Å². The molecule has 1 aromatic carbocycles. The molecule has 0 saturated carbocycles. The molecule has 0 aliphatic heterocycles. The maximum Gasteiger partial charge on any atom is 0.238 e. The maximum absolute atomic E-state index is 10.2.